The van der Waals surface area contributed by atoms with E-state index in [1.165, 1.54) is 22.3 Å². The van der Waals surface area contributed by atoms with Crippen LogP contribution >= 0.6 is 0 Å². The molecule has 22 heavy (non-hydrogen) atoms. The number of benzene rings is 2. The van der Waals surface area contributed by atoms with Crippen LogP contribution in [0.1, 0.15) is 20.8 Å². The molecule has 2 aromatic carbocycles. The predicted octanol–water partition coefficient (Wildman–Crippen LogP) is 4.72. The molecule has 0 aliphatic carbocycles. The van der Waals surface area contributed by atoms with Crippen LogP contribution < -0.4 is 4.57 Å². The molecule has 0 saturated heterocycles. The van der Waals surface area contributed by atoms with E-state index in [9.17, 15) is 0 Å². The summed E-state index contributed by atoms with van der Waals surface area (Å²) in [6.45, 7) is 3.71. The molecule has 3 rings (SSSR count). The summed E-state index contributed by atoms with van der Waals surface area (Å²) in [5.41, 5.74) is 6.57. The summed E-state index contributed by atoms with van der Waals surface area (Å²) >= 11 is 0. The molecule has 1 nitrogen and oxygen atoms in total. The second-order valence-electron chi connectivity index (χ2n) is 5.56. The van der Waals surface area contributed by atoms with Crippen molar-refractivity contribution in [3.63, 3.8) is 0 Å². The van der Waals surface area contributed by atoms with E-state index in [1.807, 2.05) is 36.0 Å². The lowest BCUT2D eigenvalue weighted by atomic mass is 9.97. The molecule has 0 unspecified atom stereocenters. The maximum absolute atomic E-state index is 7.86. The molecule has 0 atom stereocenters. The van der Waals surface area contributed by atoms with Crippen LogP contribution in [-0.4, -0.2) is 0 Å². The zero-order valence-corrected chi connectivity index (χ0v) is 13.3. The van der Waals surface area contributed by atoms with Crippen molar-refractivity contribution >= 4 is 0 Å². The molecular formula is C21H22N+. The molecule has 0 spiro atoms. The first-order valence-electron chi connectivity index (χ1n) is 8.53. The van der Waals surface area contributed by atoms with Crippen molar-refractivity contribution in [1.82, 2.24) is 0 Å². The molecule has 0 fully saturated rings. The molecule has 110 valence electrons. The highest BCUT2D eigenvalue weighted by Gasteiger charge is 2.13. The van der Waals surface area contributed by atoms with Crippen molar-refractivity contribution in [2.45, 2.75) is 20.2 Å². The second-order valence-corrected chi connectivity index (χ2v) is 5.56. The monoisotopic (exact) mass is 290 g/mol. The van der Waals surface area contributed by atoms with Gasteiger partial charge in [0.1, 0.15) is 7.05 Å². The Hall–Kier alpha value is -2.41. The van der Waals surface area contributed by atoms with Gasteiger partial charge in [-0.2, -0.15) is 0 Å². The Kier molecular flexibility index (Phi) is 3.40. The Balaban J connectivity index is 2.02. The van der Waals surface area contributed by atoms with Crippen LogP contribution in [0.5, 0.6) is 0 Å². The van der Waals surface area contributed by atoms with Crippen LogP contribution in [-0.2, 0) is 13.4 Å². The summed E-state index contributed by atoms with van der Waals surface area (Å²) in [4.78, 5) is 0. The second kappa shape index (κ2) is 6.15. The van der Waals surface area contributed by atoms with Gasteiger partial charge in [0.15, 0.2) is 6.20 Å². The quantitative estimate of drug-likeness (QED) is 0.615. The maximum Gasteiger partial charge on any atom is 0.212 e. The van der Waals surface area contributed by atoms with Crippen molar-refractivity contribution < 1.29 is 7.31 Å². The van der Waals surface area contributed by atoms with Gasteiger partial charge in [0.2, 0.25) is 5.69 Å². The van der Waals surface area contributed by atoms with Crippen LogP contribution in [0.4, 0.5) is 0 Å². The number of aryl methyl sites for hydroxylation is 3. The van der Waals surface area contributed by atoms with E-state index in [0.717, 1.165) is 5.69 Å². The largest absolute Gasteiger partial charge is 0.212 e. The van der Waals surface area contributed by atoms with Crippen LogP contribution in [0.3, 0.4) is 0 Å². The van der Waals surface area contributed by atoms with E-state index in [-0.39, 0.29) is 0 Å². The fourth-order valence-corrected chi connectivity index (χ4v) is 2.80. The lowest BCUT2D eigenvalue weighted by molar-refractivity contribution is -0.660. The summed E-state index contributed by atoms with van der Waals surface area (Å²) in [6.07, 6.45) is 0.544. The van der Waals surface area contributed by atoms with Gasteiger partial charge in [0, 0.05) is 19.9 Å². The van der Waals surface area contributed by atoms with Crippen LogP contribution in [0.25, 0.3) is 22.4 Å². The molecular weight excluding hydrogens is 266 g/mol. The van der Waals surface area contributed by atoms with Gasteiger partial charge in [-0.25, -0.2) is 4.57 Å². The average Bonchev–Trinajstić information content (AvgIpc) is 2.55. The van der Waals surface area contributed by atoms with Crippen molar-refractivity contribution in [3.8, 4) is 22.4 Å². The minimum Gasteiger partial charge on any atom is -0.201 e. The first-order valence-corrected chi connectivity index (χ1v) is 7.53. The summed E-state index contributed by atoms with van der Waals surface area (Å²) in [7, 11) is 1.97. The first-order chi connectivity index (χ1) is 11.4. The number of hydrogen-bond donors (Lipinski definition) is 0. The minimum atomic E-state index is -1.33. The van der Waals surface area contributed by atoms with Crippen LogP contribution in [0.15, 0.2) is 66.9 Å². The van der Waals surface area contributed by atoms with Gasteiger partial charge in [0.05, 0.1) is 0 Å². The van der Waals surface area contributed by atoms with Gasteiger partial charge in [0.25, 0.3) is 0 Å². The van der Waals surface area contributed by atoms with Crippen molar-refractivity contribution in [1.29, 1.82) is 0 Å². The Labute approximate surface area is 135 Å². The molecule has 0 aliphatic rings. The normalized spacial score (nSPS) is 12.7. The standard InChI is InChI=1S/C21H22N/c1-4-17-10-13-21(22(3)15-17)20-12-11-19(14-16(20)2)18-8-6-5-7-9-18/h5-15H,4H2,1-3H3/q+1/i4D2. The molecule has 0 aliphatic heterocycles. The first kappa shape index (κ1) is 12.2. The molecule has 0 N–H and O–H groups in total. The fourth-order valence-electron chi connectivity index (χ4n) is 2.80. The third kappa shape index (κ3) is 2.80. The summed E-state index contributed by atoms with van der Waals surface area (Å²) < 4.78 is 17.7. The zero-order valence-electron chi connectivity index (χ0n) is 15.3. The van der Waals surface area contributed by atoms with Gasteiger partial charge >= 0.3 is 0 Å². The molecule has 0 saturated carbocycles. The number of aromatic nitrogens is 1. The number of hydrogen-bond acceptors (Lipinski definition) is 0. The molecule has 1 heterocycles. The molecule has 0 bridgehead atoms. The van der Waals surface area contributed by atoms with E-state index in [4.69, 9.17) is 2.74 Å². The van der Waals surface area contributed by atoms with Gasteiger partial charge in [-0.3, -0.25) is 0 Å². The zero-order chi connectivity index (χ0) is 17.3. The molecule has 0 amide bonds. The van der Waals surface area contributed by atoms with Crippen molar-refractivity contribution in [3.05, 3.63) is 78.0 Å². The molecule has 1 heteroatoms. The maximum atomic E-state index is 7.86. The number of pyridine rings is 1. The van der Waals surface area contributed by atoms with Crippen molar-refractivity contribution in [2.75, 3.05) is 0 Å². The number of rotatable bonds is 3. The number of nitrogens with zero attached hydrogens (tertiary/aromatic N) is 1. The lowest BCUT2D eigenvalue weighted by Crippen LogP contribution is -2.31. The van der Waals surface area contributed by atoms with E-state index < -0.39 is 6.37 Å². The Bertz CT molecular complexity index is 865. The van der Waals surface area contributed by atoms with E-state index in [0.29, 0.717) is 5.56 Å². The summed E-state index contributed by atoms with van der Waals surface area (Å²) in [5, 5.41) is 0. The van der Waals surface area contributed by atoms with Crippen LogP contribution in [0.2, 0.25) is 0 Å². The fraction of sp³-hybridized carbons (Fsp3) is 0.190. The van der Waals surface area contributed by atoms with Gasteiger partial charge < -0.3 is 0 Å². The van der Waals surface area contributed by atoms with Crippen LogP contribution in [0, 0.1) is 6.92 Å². The molecule has 3 aromatic rings. The Morgan fingerprint density at radius 1 is 0.955 bits per heavy atom. The van der Waals surface area contributed by atoms with E-state index in [2.05, 4.69) is 49.4 Å². The third-order valence-electron chi connectivity index (χ3n) is 4.03. The highest BCUT2D eigenvalue weighted by atomic mass is 14.9. The predicted molar refractivity (Wildman–Crippen MR) is 92.6 cm³/mol. The van der Waals surface area contributed by atoms with Gasteiger partial charge in [-0.15, -0.1) is 0 Å². The molecule has 0 radical (unpaired) electrons. The topological polar surface area (TPSA) is 3.88 Å². The van der Waals surface area contributed by atoms with Gasteiger partial charge in [-0.1, -0.05) is 49.4 Å². The summed E-state index contributed by atoms with van der Waals surface area (Å²) in [5.74, 6) is 0. The lowest BCUT2D eigenvalue weighted by Gasteiger charge is -2.08. The van der Waals surface area contributed by atoms with E-state index >= 15 is 0 Å². The highest BCUT2D eigenvalue weighted by molar-refractivity contribution is 5.70. The third-order valence-corrected chi connectivity index (χ3v) is 4.03. The van der Waals surface area contributed by atoms with Gasteiger partial charge in [-0.05, 0) is 42.1 Å². The Morgan fingerprint density at radius 2 is 1.73 bits per heavy atom. The minimum absolute atomic E-state index is 0.687. The smallest absolute Gasteiger partial charge is 0.201 e. The highest BCUT2D eigenvalue weighted by Crippen LogP contribution is 2.26. The molecule has 1 aromatic heterocycles. The van der Waals surface area contributed by atoms with E-state index in [1.54, 1.807) is 6.92 Å². The average molecular weight is 290 g/mol. The Morgan fingerprint density at radius 3 is 2.36 bits per heavy atom. The summed E-state index contributed by atoms with van der Waals surface area (Å²) in [6, 6.07) is 20.7. The SMILES string of the molecule is [2H]C([2H])(C)c1ccc(-c2ccc(-c3ccccc3)cc2C)[n+](C)c1. The van der Waals surface area contributed by atoms with Crippen molar-refractivity contribution in [2.24, 2.45) is 7.05 Å².